The zero-order chi connectivity index (χ0) is 19.1. The molecule has 2 aromatic rings. The van der Waals surface area contributed by atoms with Crippen LogP contribution < -0.4 is 10.6 Å². The Hall–Kier alpha value is -3.36. The van der Waals surface area contributed by atoms with Crippen molar-refractivity contribution >= 4 is 17.8 Å². The van der Waals surface area contributed by atoms with Crippen molar-refractivity contribution in [1.29, 1.82) is 0 Å². The fourth-order valence-corrected chi connectivity index (χ4v) is 2.01. The van der Waals surface area contributed by atoms with Gasteiger partial charge in [-0.1, -0.05) is 12.1 Å². The lowest BCUT2D eigenvalue weighted by atomic mass is 10.1. The molecule has 1 aromatic carbocycles. The molecule has 8 nitrogen and oxygen atoms in total. The minimum absolute atomic E-state index is 0.0120. The van der Waals surface area contributed by atoms with Crippen molar-refractivity contribution in [2.75, 3.05) is 13.7 Å². The highest BCUT2D eigenvalue weighted by Gasteiger charge is 2.14. The van der Waals surface area contributed by atoms with Crippen LogP contribution in [-0.4, -0.2) is 41.4 Å². The molecule has 2 rings (SSSR count). The maximum atomic E-state index is 13.2. The predicted octanol–water partition coefficient (Wildman–Crippen LogP) is 0.757. The van der Waals surface area contributed by atoms with Gasteiger partial charge in [0.2, 0.25) is 0 Å². The summed E-state index contributed by atoms with van der Waals surface area (Å²) in [7, 11) is 1.20. The van der Waals surface area contributed by atoms with E-state index in [9.17, 15) is 18.8 Å². The third-order valence-corrected chi connectivity index (χ3v) is 3.43. The lowest BCUT2D eigenvalue weighted by Crippen LogP contribution is -2.31. The Labute approximate surface area is 148 Å². The Morgan fingerprint density at radius 1 is 1.08 bits per heavy atom. The van der Waals surface area contributed by atoms with Crippen LogP contribution in [0.2, 0.25) is 0 Å². The number of esters is 1. The molecular weight excluding hydrogens is 343 g/mol. The van der Waals surface area contributed by atoms with Crippen LogP contribution in [0.3, 0.4) is 0 Å². The van der Waals surface area contributed by atoms with E-state index in [0.717, 1.165) is 11.9 Å². The van der Waals surface area contributed by atoms with Gasteiger partial charge in [-0.15, -0.1) is 0 Å². The first-order valence-electron chi connectivity index (χ1n) is 7.61. The smallest absolute Gasteiger partial charge is 0.325 e. The maximum absolute atomic E-state index is 13.2. The normalized spacial score (nSPS) is 10.1. The molecule has 0 saturated carbocycles. The van der Waals surface area contributed by atoms with Crippen LogP contribution in [0.4, 0.5) is 4.39 Å². The second-order valence-corrected chi connectivity index (χ2v) is 5.31. The molecule has 0 fully saturated rings. The molecule has 0 radical (unpaired) electrons. The number of hydrogen-bond acceptors (Lipinski definition) is 6. The van der Waals surface area contributed by atoms with E-state index in [1.807, 2.05) is 0 Å². The number of aryl methyl sites for hydroxylation is 1. The monoisotopic (exact) mass is 360 g/mol. The first-order chi connectivity index (χ1) is 12.4. The first-order valence-corrected chi connectivity index (χ1v) is 7.61. The summed E-state index contributed by atoms with van der Waals surface area (Å²) in [6.07, 6.45) is 1.07. The van der Waals surface area contributed by atoms with Gasteiger partial charge in [-0.2, -0.15) is 0 Å². The van der Waals surface area contributed by atoms with Gasteiger partial charge in [0, 0.05) is 12.6 Å². The Kier molecular flexibility index (Phi) is 6.31. The van der Waals surface area contributed by atoms with Gasteiger partial charge in [0.25, 0.3) is 11.8 Å². The molecule has 2 amide bonds. The minimum Gasteiger partial charge on any atom is -0.468 e. The van der Waals surface area contributed by atoms with E-state index in [0.29, 0.717) is 5.56 Å². The number of methoxy groups -OCH3 is 1. The average molecular weight is 360 g/mol. The Morgan fingerprint density at radius 2 is 1.73 bits per heavy atom. The number of ether oxygens (including phenoxy) is 1. The molecule has 0 aliphatic rings. The van der Waals surface area contributed by atoms with Crippen molar-refractivity contribution in [1.82, 2.24) is 20.6 Å². The second kappa shape index (κ2) is 8.65. The minimum atomic E-state index is -0.638. The van der Waals surface area contributed by atoms with Gasteiger partial charge in [-0.3, -0.25) is 14.4 Å². The summed E-state index contributed by atoms with van der Waals surface area (Å²) in [5.41, 5.74) is 1.12. The summed E-state index contributed by atoms with van der Waals surface area (Å²) in [6.45, 7) is 1.49. The lowest BCUT2D eigenvalue weighted by Gasteiger charge is -2.07. The summed E-state index contributed by atoms with van der Waals surface area (Å²) in [6, 6.07) is 5.72. The Bertz CT molecular complexity index is 841. The van der Waals surface area contributed by atoms with Crippen LogP contribution in [-0.2, 0) is 16.1 Å². The largest absolute Gasteiger partial charge is 0.468 e. The first kappa shape index (κ1) is 19.0. The fraction of sp³-hybridized carbons (Fsp3) is 0.235. The highest BCUT2D eigenvalue weighted by Crippen LogP contribution is 2.09. The second-order valence-electron chi connectivity index (χ2n) is 5.31. The SMILES string of the molecule is COC(=O)CNC(=O)c1cc(C(=O)NCc2ccc(F)c(C)c2)ncn1. The molecule has 0 atom stereocenters. The quantitative estimate of drug-likeness (QED) is 0.736. The van der Waals surface area contributed by atoms with Gasteiger partial charge in [0.1, 0.15) is 30.1 Å². The number of rotatable bonds is 6. The highest BCUT2D eigenvalue weighted by molar-refractivity contribution is 5.98. The number of benzene rings is 1. The number of amides is 2. The number of halogens is 1. The van der Waals surface area contributed by atoms with Crippen LogP contribution in [0, 0.1) is 12.7 Å². The maximum Gasteiger partial charge on any atom is 0.325 e. The van der Waals surface area contributed by atoms with E-state index in [2.05, 4.69) is 25.3 Å². The number of carbonyl (C=O) groups is 3. The van der Waals surface area contributed by atoms with Crippen LogP contribution in [0.5, 0.6) is 0 Å². The van der Waals surface area contributed by atoms with Crippen molar-refractivity contribution in [2.45, 2.75) is 13.5 Å². The van der Waals surface area contributed by atoms with E-state index in [4.69, 9.17) is 0 Å². The van der Waals surface area contributed by atoms with E-state index in [1.54, 1.807) is 19.1 Å². The molecule has 0 bridgehead atoms. The topological polar surface area (TPSA) is 110 Å². The van der Waals surface area contributed by atoms with Crippen molar-refractivity contribution in [3.05, 3.63) is 58.9 Å². The number of aromatic nitrogens is 2. The van der Waals surface area contributed by atoms with E-state index < -0.39 is 17.8 Å². The zero-order valence-electron chi connectivity index (χ0n) is 14.2. The number of hydrogen-bond donors (Lipinski definition) is 2. The molecule has 0 spiro atoms. The number of nitrogens with one attached hydrogen (secondary N) is 2. The summed E-state index contributed by atoms with van der Waals surface area (Å²) >= 11 is 0. The third kappa shape index (κ3) is 5.07. The summed E-state index contributed by atoms with van der Waals surface area (Å²) < 4.78 is 17.7. The van der Waals surface area contributed by atoms with Gasteiger partial charge in [0.15, 0.2) is 0 Å². The highest BCUT2D eigenvalue weighted by atomic mass is 19.1. The molecule has 0 saturated heterocycles. The summed E-state index contributed by atoms with van der Waals surface area (Å²) in [5, 5.41) is 4.94. The van der Waals surface area contributed by atoms with Crippen molar-refractivity contribution in [3.63, 3.8) is 0 Å². The fourth-order valence-electron chi connectivity index (χ4n) is 2.01. The molecule has 0 aliphatic heterocycles. The Morgan fingerprint density at radius 3 is 2.35 bits per heavy atom. The van der Waals surface area contributed by atoms with Crippen LogP contribution in [0.25, 0.3) is 0 Å². The van der Waals surface area contributed by atoms with Crippen LogP contribution in [0.15, 0.2) is 30.6 Å². The van der Waals surface area contributed by atoms with Gasteiger partial charge in [-0.05, 0) is 24.1 Å². The molecule has 1 heterocycles. The van der Waals surface area contributed by atoms with Gasteiger partial charge < -0.3 is 15.4 Å². The van der Waals surface area contributed by atoms with E-state index in [-0.39, 0.29) is 30.3 Å². The number of carbonyl (C=O) groups excluding carboxylic acids is 3. The molecule has 26 heavy (non-hydrogen) atoms. The summed E-state index contributed by atoms with van der Waals surface area (Å²) in [5.74, 6) is -2.09. The van der Waals surface area contributed by atoms with Gasteiger partial charge in [0.05, 0.1) is 7.11 Å². The van der Waals surface area contributed by atoms with Crippen molar-refractivity contribution in [3.8, 4) is 0 Å². The van der Waals surface area contributed by atoms with E-state index >= 15 is 0 Å². The Balaban J connectivity index is 1.99. The zero-order valence-corrected chi connectivity index (χ0v) is 14.2. The number of nitrogens with zero attached hydrogens (tertiary/aromatic N) is 2. The van der Waals surface area contributed by atoms with Crippen molar-refractivity contribution in [2.24, 2.45) is 0 Å². The lowest BCUT2D eigenvalue weighted by molar-refractivity contribution is -0.139. The average Bonchev–Trinajstić information content (AvgIpc) is 2.66. The molecule has 9 heteroatoms. The summed E-state index contributed by atoms with van der Waals surface area (Å²) in [4.78, 5) is 42.7. The van der Waals surface area contributed by atoms with Gasteiger partial charge >= 0.3 is 5.97 Å². The molecule has 0 unspecified atom stereocenters. The molecule has 1 aromatic heterocycles. The molecule has 2 N–H and O–H groups in total. The predicted molar refractivity (Wildman–Crippen MR) is 88.7 cm³/mol. The standard InChI is InChI=1S/C17H17FN4O4/c1-10-5-11(3-4-12(10)18)7-19-16(24)13-6-14(22-9-21-13)17(25)20-8-15(23)26-2/h3-6,9H,7-8H2,1-2H3,(H,19,24)(H,20,25). The molecular formula is C17H17FN4O4. The third-order valence-electron chi connectivity index (χ3n) is 3.43. The molecule has 0 aliphatic carbocycles. The van der Waals surface area contributed by atoms with Crippen LogP contribution >= 0.6 is 0 Å². The van der Waals surface area contributed by atoms with Crippen molar-refractivity contribution < 1.29 is 23.5 Å². The molecule has 136 valence electrons. The van der Waals surface area contributed by atoms with E-state index in [1.165, 1.54) is 19.2 Å². The van der Waals surface area contributed by atoms with Gasteiger partial charge in [-0.25, -0.2) is 14.4 Å². The van der Waals surface area contributed by atoms with Crippen LogP contribution in [0.1, 0.15) is 32.1 Å².